The molecule has 20 heavy (non-hydrogen) atoms. The van der Waals surface area contributed by atoms with Crippen molar-refractivity contribution in [1.82, 2.24) is 0 Å². The first kappa shape index (κ1) is 12.5. The number of furan rings is 1. The third kappa shape index (κ3) is 1.99. The van der Waals surface area contributed by atoms with Gasteiger partial charge < -0.3 is 4.42 Å². The van der Waals surface area contributed by atoms with Crippen molar-refractivity contribution in [3.63, 3.8) is 0 Å². The number of para-hydroxylation sites is 1. The lowest BCUT2D eigenvalue weighted by Gasteiger charge is -2.02. The van der Waals surface area contributed by atoms with E-state index in [1.165, 1.54) is 31.2 Å². The fourth-order valence-corrected chi connectivity index (χ4v) is 2.09. The largest absolute Gasteiger partial charge is 0.453 e. The van der Waals surface area contributed by atoms with Crippen molar-refractivity contribution in [2.24, 2.45) is 0 Å². The van der Waals surface area contributed by atoms with Crippen molar-refractivity contribution in [3.8, 4) is 11.3 Å². The normalized spacial score (nSPS) is 10.9. The Morgan fingerprint density at radius 3 is 2.55 bits per heavy atom. The van der Waals surface area contributed by atoms with Crippen LogP contribution < -0.4 is 0 Å². The van der Waals surface area contributed by atoms with Crippen LogP contribution in [0.4, 0.5) is 8.78 Å². The highest BCUT2D eigenvalue weighted by molar-refractivity contribution is 5.95. The highest BCUT2D eigenvalue weighted by Gasteiger charge is 2.14. The first-order valence-electron chi connectivity index (χ1n) is 6.05. The minimum atomic E-state index is -0.519. The minimum Gasteiger partial charge on any atom is -0.453 e. The Hall–Kier alpha value is -2.49. The number of fused-ring (bicyclic) bond motifs is 1. The summed E-state index contributed by atoms with van der Waals surface area (Å²) >= 11 is 0. The van der Waals surface area contributed by atoms with Crippen LogP contribution >= 0.6 is 0 Å². The first-order chi connectivity index (χ1) is 9.56. The van der Waals surface area contributed by atoms with Crippen LogP contribution in [0.1, 0.15) is 17.3 Å². The second-order valence-electron chi connectivity index (χ2n) is 4.52. The zero-order valence-corrected chi connectivity index (χ0v) is 10.6. The van der Waals surface area contributed by atoms with Gasteiger partial charge in [0.25, 0.3) is 0 Å². The Morgan fingerprint density at radius 2 is 1.85 bits per heavy atom. The predicted molar refractivity (Wildman–Crippen MR) is 71.6 cm³/mol. The SMILES string of the molecule is CC(=O)c1ccc(F)c(-c2cc3cccc(F)c3o2)c1. The highest BCUT2D eigenvalue weighted by atomic mass is 19.1. The summed E-state index contributed by atoms with van der Waals surface area (Å²) in [5.41, 5.74) is 0.603. The van der Waals surface area contributed by atoms with E-state index in [4.69, 9.17) is 4.42 Å². The molecule has 1 heterocycles. The van der Waals surface area contributed by atoms with Crippen molar-refractivity contribution in [1.29, 1.82) is 0 Å². The molecule has 0 aliphatic heterocycles. The van der Waals surface area contributed by atoms with Gasteiger partial charge in [0.15, 0.2) is 17.2 Å². The molecule has 0 unspecified atom stereocenters. The van der Waals surface area contributed by atoms with Gasteiger partial charge >= 0.3 is 0 Å². The summed E-state index contributed by atoms with van der Waals surface area (Å²) in [6, 6.07) is 10.1. The van der Waals surface area contributed by atoms with Crippen LogP contribution in [-0.4, -0.2) is 5.78 Å². The number of rotatable bonds is 2. The fourth-order valence-electron chi connectivity index (χ4n) is 2.09. The van der Waals surface area contributed by atoms with Crippen molar-refractivity contribution in [2.75, 3.05) is 0 Å². The Balaban J connectivity index is 2.22. The Morgan fingerprint density at radius 1 is 1.05 bits per heavy atom. The average Bonchev–Trinajstić information content (AvgIpc) is 2.84. The predicted octanol–water partition coefficient (Wildman–Crippen LogP) is 4.58. The Bertz CT molecular complexity index is 818. The monoisotopic (exact) mass is 272 g/mol. The van der Waals surface area contributed by atoms with Gasteiger partial charge in [0.05, 0.1) is 5.56 Å². The number of benzene rings is 2. The molecular weight excluding hydrogens is 262 g/mol. The summed E-state index contributed by atoms with van der Waals surface area (Å²) in [5, 5.41) is 0.549. The lowest BCUT2D eigenvalue weighted by molar-refractivity contribution is 0.101. The molecule has 4 heteroatoms. The lowest BCUT2D eigenvalue weighted by Crippen LogP contribution is -1.93. The first-order valence-corrected chi connectivity index (χ1v) is 6.05. The van der Waals surface area contributed by atoms with Crippen LogP contribution in [-0.2, 0) is 0 Å². The smallest absolute Gasteiger partial charge is 0.170 e. The molecule has 3 aromatic rings. The summed E-state index contributed by atoms with van der Waals surface area (Å²) in [6.07, 6.45) is 0. The van der Waals surface area contributed by atoms with E-state index >= 15 is 0 Å². The molecule has 100 valence electrons. The molecule has 0 atom stereocenters. The number of hydrogen-bond acceptors (Lipinski definition) is 2. The summed E-state index contributed by atoms with van der Waals surface area (Å²) < 4.78 is 32.8. The van der Waals surface area contributed by atoms with E-state index in [2.05, 4.69) is 0 Å². The molecule has 0 radical (unpaired) electrons. The Kier molecular flexibility index (Phi) is 2.86. The fraction of sp³-hybridized carbons (Fsp3) is 0.0625. The number of hydrogen-bond donors (Lipinski definition) is 0. The standard InChI is InChI=1S/C16H10F2O2/c1-9(19)10-5-6-13(17)12(7-10)15-8-11-3-2-4-14(18)16(11)20-15/h2-8H,1H3. The number of carbonyl (C=O) groups is 1. The van der Waals surface area contributed by atoms with Crippen molar-refractivity contribution in [2.45, 2.75) is 6.92 Å². The number of carbonyl (C=O) groups excluding carboxylic acids is 1. The highest BCUT2D eigenvalue weighted by Crippen LogP contribution is 2.31. The third-order valence-corrected chi connectivity index (χ3v) is 3.13. The van der Waals surface area contributed by atoms with Crippen LogP contribution in [0.2, 0.25) is 0 Å². The molecule has 0 spiro atoms. The lowest BCUT2D eigenvalue weighted by atomic mass is 10.1. The molecule has 0 fully saturated rings. The zero-order valence-electron chi connectivity index (χ0n) is 10.6. The van der Waals surface area contributed by atoms with E-state index in [9.17, 15) is 13.6 Å². The van der Waals surface area contributed by atoms with Crippen LogP contribution in [0.15, 0.2) is 46.9 Å². The minimum absolute atomic E-state index is 0.0788. The van der Waals surface area contributed by atoms with Gasteiger partial charge in [-0.3, -0.25) is 4.79 Å². The molecule has 0 amide bonds. The van der Waals surface area contributed by atoms with E-state index in [1.54, 1.807) is 18.2 Å². The maximum absolute atomic E-state index is 13.9. The molecule has 2 aromatic carbocycles. The molecule has 0 aliphatic rings. The maximum Gasteiger partial charge on any atom is 0.170 e. The summed E-state index contributed by atoms with van der Waals surface area (Å²) in [6.45, 7) is 1.40. The van der Waals surface area contributed by atoms with Crippen LogP contribution in [0, 0.1) is 11.6 Å². The van der Waals surface area contributed by atoms with Gasteiger partial charge in [0.2, 0.25) is 0 Å². The van der Waals surface area contributed by atoms with Gasteiger partial charge in [-0.15, -0.1) is 0 Å². The zero-order chi connectivity index (χ0) is 14.3. The van der Waals surface area contributed by atoms with Gasteiger partial charge in [-0.2, -0.15) is 0 Å². The van der Waals surface area contributed by atoms with E-state index < -0.39 is 11.6 Å². The van der Waals surface area contributed by atoms with Crippen molar-refractivity contribution >= 4 is 16.8 Å². The van der Waals surface area contributed by atoms with Gasteiger partial charge in [-0.05, 0) is 37.3 Å². The van der Waals surface area contributed by atoms with E-state index in [0.29, 0.717) is 10.9 Å². The van der Waals surface area contributed by atoms with E-state index in [0.717, 1.165) is 0 Å². The van der Waals surface area contributed by atoms with Gasteiger partial charge in [0, 0.05) is 10.9 Å². The quantitative estimate of drug-likeness (QED) is 0.639. The topological polar surface area (TPSA) is 30.2 Å². The summed E-state index contributed by atoms with van der Waals surface area (Å²) in [7, 11) is 0. The maximum atomic E-state index is 13.9. The second-order valence-corrected chi connectivity index (χ2v) is 4.52. The van der Waals surface area contributed by atoms with Crippen LogP contribution in [0.25, 0.3) is 22.3 Å². The second kappa shape index (κ2) is 4.56. The molecule has 2 nitrogen and oxygen atoms in total. The molecule has 0 saturated heterocycles. The van der Waals surface area contributed by atoms with Crippen molar-refractivity contribution < 1.29 is 18.0 Å². The molecule has 0 saturated carbocycles. The van der Waals surface area contributed by atoms with Gasteiger partial charge in [-0.1, -0.05) is 12.1 Å². The summed E-state index contributed by atoms with van der Waals surface area (Å²) in [5.74, 6) is -0.995. The number of halogens is 2. The van der Waals surface area contributed by atoms with E-state index in [1.807, 2.05) is 0 Å². The average molecular weight is 272 g/mol. The molecule has 0 N–H and O–H groups in total. The molecule has 3 rings (SSSR count). The van der Waals surface area contributed by atoms with Gasteiger partial charge in [0.1, 0.15) is 11.6 Å². The Labute approximate surface area is 113 Å². The van der Waals surface area contributed by atoms with Crippen LogP contribution in [0.5, 0.6) is 0 Å². The number of Topliss-reactive ketones (excluding diaryl/α,β-unsaturated/α-hetero) is 1. The third-order valence-electron chi connectivity index (χ3n) is 3.13. The van der Waals surface area contributed by atoms with Gasteiger partial charge in [-0.25, -0.2) is 8.78 Å². The van der Waals surface area contributed by atoms with Crippen LogP contribution in [0.3, 0.4) is 0 Å². The molecule has 0 bridgehead atoms. The molecular formula is C16H10F2O2. The van der Waals surface area contributed by atoms with Crippen molar-refractivity contribution in [3.05, 3.63) is 59.7 Å². The van der Waals surface area contributed by atoms with E-state index in [-0.39, 0.29) is 22.7 Å². The molecule has 1 aromatic heterocycles. The molecule has 0 aliphatic carbocycles. The summed E-state index contributed by atoms with van der Waals surface area (Å²) in [4.78, 5) is 11.4. The number of ketones is 1.